The van der Waals surface area contributed by atoms with Crippen LogP contribution in [-0.2, 0) is 19.1 Å². The lowest BCUT2D eigenvalue weighted by atomic mass is 9.43. The molecular weight excluding hydrogens is 454 g/mol. The van der Waals surface area contributed by atoms with Crippen LogP contribution in [0.4, 0.5) is 0 Å². The molecule has 0 aliphatic heterocycles. The average Bonchev–Trinajstić information content (AvgIpc) is 3.18. The average molecular weight is 506 g/mol. The van der Waals surface area contributed by atoms with E-state index in [2.05, 4.69) is 39.5 Å². The van der Waals surface area contributed by atoms with E-state index >= 15 is 0 Å². The summed E-state index contributed by atoms with van der Waals surface area (Å²) in [7, 11) is 0. The summed E-state index contributed by atoms with van der Waals surface area (Å²) < 4.78 is 12.6. The molecule has 0 aromatic heterocycles. The molecule has 0 unspecified atom stereocenters. The van der Waals surface area contributed by atoms with Gasteiger partial charge in [-0.3, -0.25) is 14.5 Å². The molecule has 0 spiro atoms. The Morgan fingerprint density at radius 1 is 0.972 bits per heavy atom. The van der Waals surface area contributed by atoms with Gasteiger partial charge in [0.1, 0.15) is 11.9 Å². The number of likely N-dealkylation sites (N-methyl/N-ethyl adjacent to an activating group) is 1. The lowest BCUT2D eigenvalue weighted by Crippen LogP contribution is -2.62. The largest absolute Gasteiger partial charge is 0.461 e. The normalized spacial score (nSPS) is 44.0. The summed E-state index contributed by atoms with van der Waals surface area (Å²) in [6.07, 6.45) is 6.81. The number of hydrogen-bond acceptors (Lipinski definition) is 6. The molecular formula is C30H51NO5. The van der Waals surface area contributed by atoms with Crippen molar-refractivity contribution in [3.05, 3.63) is 0 Å². The Morgan fingerprint density at radius 2 is 1.67 bits per heavy atom. The van der Waals surface area contributed by atoms with Crippen LogP contribution in [0.25, 0.3) is 0 Å². The van der Waals surface area contributed by atoms with E-state index in [1.165, 1.54) is 0 Å². The van der Waals surface area contributed by atoms with E-state index in [0.717, 1.165) is 64.5 Å². The summed E-state index contributed by atoms with van der Waals surface area (Å²) in [6.45, 7) is 15.3. The summed E-state index contributed by atoms with van der Waals surface area (Å²) in [5.41, 5.74) is -0.154. The fraction of sp³-hybridized carbons (Fsp3) is 0.933. The second-order valence-corrected chi connectivity index (χ2v) is 12.9. The third kappa shape index (κ3) is 4.91. The molecule has 1 N–H and O–H groups in total. The van der Waals surface area contributed by atoms with Crippen molar-refractivity contribution in [2.24, 2.45) is 40.4 Å². The highest BCUT2D eigenvalue weighted by Crippen LogP contribution is 2.68. The number of aliphatic hydroxyl groups excluding tert-OH is 1. The number of carbonyl (C=O) groups is 2. The third-order valence-electron chi connectivity index (χ3n) is 11.1. The molecule has 0 amide bonds. The lowest BCUT2D eigenvalue weighted by Gasteiger charge is -2.63. The number of carbonyl (C=O) groups excluding carboxylic acids is 2. The van der Waals surface area contributed by atoms with Gasteiger partial charge < -0.3 is 14.6 Å². The molecule has 0 aromatic rings. The summed E-state index contributed by atoms with van der Waals surface area (Å²) in [5.74, 6) is 1.82. The summed E-state index contributed by atoms with van der Waals surface area (Å²) in [4.78, 5) is 28.1. The van der Waals surface area contributed by atoms with Gasteiger partial charge in [0.05, 0.1) is 18.8 Å². The minimum Gasteiger partial charge on any atom is -0.461 e. The van der Waals surface area contributed by atoms with Crippen LogP contribution in [0.15, 0.2) is 0 Å². The van der Waals surface area contributed by atoms with Gasteiger partial charge in [-0.15, -0.1) is 0 Å². The van der Waals surface area contributed by atoms with Crippen LogP contribution >= 0.6 is 0 Å². The van der Waals surface area contributed by atoms with Crippen molar-refractivity contribution in [2.75, 3.05) is 26.2 Å². The fourth-order valence-electron chi connectivity index (χ4n) is 9.40. The molecule has 10 atom stereocenters. The number of Topliss-reactive ketones (excluding diaryl/α,β-unsaturated/α-hetero) is 1. The van der Waals surface area contributed by atoms with Gasteiger partial charge in [-0.2, -0.15) is 0 Å². The van der Waals surface area contributed by atoms with E-state index in [4.69, 9.17) is 9.47 Å². The molecule has 4 saturated carbocycles. The Hall–Kier alpha value is -0.980. The molecule has 36 heavy (non-hydrogen) atoms. The molecule has 0 aromatic carbocycles. The topological polar surface area (TPSA) is 76.1 Å². The van der Waals surface area contributed by atoms with Crippen LogP contribution in [0.5, 0.6) is 0 Å². The zero-order chi connectivity index (χ0) is 26.3. The quantitative estimate of drug-likeness (QED) is 0.451. The Labute approximate surface area is 218 Å². The summed E-state index contributed by atoms with van der Waals surface area (Å²) in [5, 5.41) is 10.9. The van der Waals surface area contributed by atoms with Gasteiger partial charge in [0.25, 0.3) is 0 Å². The SMILES string of the molecule is CCCO[C@H]1C[C@@]2(C)[C@@H](CC[C@@H]3[C@@H]2[C@@H](OC(=O)CN(CC)CC)C[C@]2(C)[C@@H](C(C)=O)CC[C@@H]32)C[C@@H]1O. The number of fused-ring (bicyclic) bond motifs is 5. The Kier molecular flexibility index (Phi) is 8.58. The van der Waals surface area contributed by atoms with Crippen molar-refractivity contribution in [3.63, 3.8) is 0 Å². The smallest absolute Gasteiger partial charge is 0.320 e. The van der Waals surface area contributed by atoms with Crippen LogP contribution in [0.3, 0.4) is 0 Å². The maximum atomic E-state index is 13.3. The van der Waals surface area contributed by atoms with E-state index in [-0.39, 0.29) is 40.8 Å². The molecule has 0 saturated heterocycles. The van der Waals surface area contributed by atoms with Crippen LogP contribution in [0, 0.1) is 40.4 Å². The molecule has 4 rings (SSSR count). The summed E-state index contributed by atoms with van der Waals surface area (Å²) >= 11 is 0. The first-order valence-electron chi connectivity index (χ1n) is 14.8. The van der Waals surface area contributed by atoms with E-state index in [1.807, 2.05) is 0 Å². The second kappa shape index (κ2) is 11.0. The van der Waals surface area contributed by atoms with Crippen molar-refractivity contribution in [2.45, 2.75) is 111 Å². The highest BCUT2D eigenvalue weighted by atomic mass is 16.5. The Morgan fingerprint density at radius 3 is 2.31 bits per heavy atom. The standard InChI is InChI=1S/C30H51NO5/c1-7-14-35-25-16-29(5)20(15-24(25)33)10-11-21-23-13-12-22(19(4)32)30(23,6)17-26(28(21)29)36-27(34)18-31(8-2)9-3/h20-26,28,33H,7-18H2,1-6H3/t20-,21-,22+,23-,24-,25-,26-,28+,29-,30+/m0/s1. The van der Waals surface area contributed by atoms with Gasteiger partial charge in [0, 0.05) is 18.4 Å². The molecule has 0 heterocycles. The minimum atomic E-state index is -0.419. The number of ether oxygens (including phenoxy) is 2. The van der Waals surface area contributed by atoms with E-state index < -0.39 is 6.10 Å². The molecule has 4 aliphatic rings. The van der Waals surface area contributed by atoms with E-state index in [9.17, 15) is 14.7 Å². The highest BCUT2D eigenvalue weighted by molar-refractivity contribution is 5.79. The number of ketones is 1. The van der Waals surface area contributed by atoms with Crippen LogP contribution in [0.2, 0.25) is 0 Å². The third-order valence-corrected chi connectivity index (χ3v) is 11.1. The monoisotopic (exact) mass is 505 g/mol. The summed E-state index contributed by atoms with van der Waals surface area (Å²) in [6, 6.07) is 0. The number of aliphatic hydroxyl groups is 1. The number of esters is 1. The molecule has 6 nitrogen and oxygen atoms in total. The van der Waals surface area contributed by atoms with Gasteiger partial charge >= 0.3 is 5.97 Å². The van der Waals surface area contributed by atoms with Crippen molar-refractivity contribution in [3.8, 4) is 0 Å². The maximum absolute atomic E-state index is 13.3. The van der Waals surface area contributed by atoms with Gasteiger partial charge in [-0.1, -0.05) is 34.6 Å². The zero-order valence-electron chi connectivity index (χ0n) is 23.6. The van der Waals surface area contributed by atoms with Crippen molar-refractivity contribution >= 4 is 11.8 Å². The first-order chi connectivity index (χ1) is 17.1. The molecule has 0 radical (unpaired) electrons. The van der Waals surface area contributed by atoms with Crippen LogP contribution < -0.4 is 0 Å². The molecule has 6 heteroatoms. The fourth-order valence-corrected chi connectivity index (χ4v) is 9.40. The van der Waals surface area contributed by atoms with Gasteiger partial charge in [-0.05, 0) is 100.0 Å². The first kappa shape index (κ1) is 28.0. The zero-order valence-corrected chi connectivity index (χ0v) is 23.6. The second-order valence-electron chi connectivity index (χ2n) is 12.9. The predicted octanol–water partition coefficient (Wildman–Crippen LogP) is 4.86. The Balaban J connectivity index is 1.67. The van der Waals surface area contributed by atoms with Crippen LogP contribution in [-0.4, -0.2) is 66.3 Å². The predicted molar refractivity (Wildman–Crippen MR) is 140 cm³/mol. The molecule has 4 fully saturated rings. The number of rotatable bonds is 9. The van der Waals surface area contributed by atoms with Crippen molar-refractivity contribution in [1.82, 2.24) is 4.90 Å². The minimum absolute atomic E-state index is 0.0453. The molecule has 4 aliphatic carbocycles. The molecule has 0 bridgehead atoms. The Bertz CT molecular complexity index is 798. The lowest BCUT2D eigenvalue weighted by molar-refractivity contribution is -0.214. The highest BCUT2D eigenvalue weighted by Gasteiger charge is 2.65. The maximum Gasteiger partial charge on any atom is 0.320 e. The number of hydrogen-bond donors (Lipinski definition) is 1. The van der Waals surface area contributed by atoms with Crippen LogP contribution in [0.1, 0.15) is 92.9 Å². The van der Waals surface area contributed by atoms with Crippen molar-refractivity contribution < 1.29 is 24.2 Å². The van der Waals surface area contributed by atoms with Gasteiger partial charge in [0.2, 0.25) is 0 Å². The number of nitrogens with zero attached hydrogens (tertiary/aromatic N) is 1. The van der Waals surface area contributed by atoms with E-state index in [1.54, 1.807) is 6.92 Å². The van der Waals surface area contributed by atoms with Crippen molar-refractivity contribution in [1.29, 1.82) is 0 Å². The first-order valence-corrected chi connectivity index (χ1v) is 14.8. The van der Waals surface area contributed by atoms with Gasteiger partial charge in [-0.25, -0.2) is 0 Å². The molecule has 206 valence electrons. The van der Waals surface area contributed by atoms with E-state index in [0.29, 0.717) is 36.7 Å². The van der Waals surface area contributed by atoms with Gasteiger partial charge in [0.15, 0.2) is 0 Å².